The Morgan fingerprint density at radius 3 is 2.44 bits per heavy atom. The van der Waals surface area contributed by atoms with Gasteiger partial charge in [-0.2, -0.15) is 5.10 Å². The molecule has 0 aliphatic heterocycles. The van der Waals surface area contributed by atoms with Crippen LogP contribution in [0.15, 0.2) is 29.4 Å². The van der Waals surface area contributed by atoms with Crippen LogP contribution < -0.4 is 4.72 Å². The lowest BCUT2D eigenvalue weighted by atomic mass is 10.3. The van der Waals surface area contributed by atoms with Crippen molar-refractivity contribution in [2.75, 3.05) is 0 Å². The minimum atomic E-state index is -4.00. The van der Waals surface area contributed by atoms with Crippen molar-refractivity contribution < 1.29 is 17.2 Å². The number of aromatic amines is 1. The normalized spacial score (nSPS) is 11.7. The fourth-order valence-corrected chi connectivity index (χ4v) is 2.28. The largest absolute Gasteiger partial charge is 0.262 e. The lowest BCUT2D eigenvalue weighted by Gasteiger charge is -2.05. The van der Waals surface area contributed by atoms with E-state index in [-0.39, 0.29) is 12.4 Å². The molecule has 0 spiro atoms. The first-order valence-electron chi connectivity index (χ1n) is 4.77. The van der Waals surface area contributed by atoms with Crippen LogP contribution in [0, 0.1) is 11.6 Å². The maximum atomic E-state index is 12.9. The summed E-state index contributed by atoms with van der Waals surface area (Å²) in [7, 11) is -4.00. The molecule has 0 atom stereocenters. The molecule has 1 heterocycles. The van der Waals surface area contributed by atoms with E-state index in [2.05, 4.69) is 19.9 Å². The number of nitrogens with one attached hydrogen (secondary N) is 2. The van der Waals surface area contributed by atoms with Gasteiger partial charge in [0.05, 0.1) is 11.4 Å². The standard InChI is InChI=1S/C9H8F2N4O2S/c10-6-1-7(11)3-8(2-6)18(16,17)14-4-9-12-5-13-15-9/h1-3,5,14H,4H2,(H,12,13,15). The van der Waals surface area contributed by atoms with Gasteiger partial charge >= 0.3 is 0 Å². The predicted molar refractivity (Wildman–Crippen MR) is 56.8 cm³/mol. The molecule has 1 aromatic carbocycles. The molecule has 18 heavy (non-hydrogen) atoms. The van der Waals surface area contributed by atoms with Gasteiger partial charge in [-0.1, -0.05) is 0 Å². The summed E-state index contributed by atoms with van der Waals surface area (Å²) in [5.74, 6) is -1.64. The molecule has 0 aliphatic carbocycles. The molecule has 0 bridgehead atoms. The number of hydrogen-bond donors (Lipinski definition) is 2. The van der Waals surface area contributed by atoms with Crippen LogP contribution in [0.25, 0.3) is 0 Å². The highest BCUT2D eigenvalue weighted by Gasteiger charge is 2.16. The second-order valence-electron chi connectivity index (χ2n) is 3.36. The summed E-state index contributed by atoms with van der Waals surface area (Å²) >= 11 is 0. The summed E-state index contributed by atoms with van der Waals surface area (Å²) < 4.78 is 51.4. The highest BCUT2D eigenvalue weighted by molar-refractivity contribution is 7.89. The van der Waals surface area contributed by atoms with Gasteiger partial charge in [-0.05, 0) is 12.1 Å². The molecule has 2 rings (SSSR count). The first kappa shape index (κ1) is 12.6. The molecule has 0 amide bonds. The van der Waals surface area contributed by atoms with Crippen LogP contribution in [0.5, 0.6) is 0 Å². The maximum absolute atomic E-state index is 12.9. The third-order valence-electron chi connectivity index (χ3n) is 2.04. The Hall–Kier alpha value is -1.87. The molecular weight excluding hydrogens is 266 g/mol. The molecule has 0 unspecified atom stereocenters. The van der Waals surface area contributed by atoms with Crippen LogP contribution in [-0.2, 0) is 16.6 Å². The fourth-order valence-electron chi connectivity index (χ4n) is 1.25. The molecular formula is C9H8F2N4O2S. The summed E-state index contributed by atoms with van der Waals surface area (Å²) in [6.45, 7) is -0.152. The number of benzene rings is 1. The Kier molecular flexibility index (Phi) is 3.34. The molecule has 96 valence electrons. The molecule has 2 aromatic rings. The highest BCUT2D eigenvalue weighted by atomic mass is 32.2. The van der Waals surface area contributed by atoms with E-state index in [1.165, 1.54) is 6.33 Å². The van der Waals surface area contributed by atoms with Gasteiger partial charge in [-0.25, -0.2) is 26.9 Å². The number of sulfonamides is 1. The zero-order valence-corrected chi connectivity index (χ0v) is 9.71. The van der Waals surface area contributed by atoms with Gasteiger partial charge in [-0.15, -0.1) is 0 Å². The van der Waals surface area contributed by atoms with Gasteiger partial charge < -0.3 is 0 Å². The first-order chi connectivity index (χ1) is 8.47. The van der Waals surface area contributed by atoms with Crippen molar-refractivity contribution in [3.63, 3.8) is 0 Å². The van der Waals surface area contributed by atoms with E-state index in [9.17, 15) is 17.2 Å². The van der Waals surface area contributed by atoms with Crippen molar-refractivity contribution in [3.8, 4) is 0 Å². The Morgan fingerprint density at radius 2 is 1.89 bits per heavy atom. The Balaban J connectivity index is 2.20. The summed E-state index contributed by atoms with van der Waals surface area (Å²) in [6.07, 6.45) is 1.21. The van der Waals surface area contributed by atoms with Crippen LogP contribution in [0.4, 0.5) is 8.78 Å². The van der Waals surface area contributed by atoms with Gasteiger partial charge in [0.1, 0.15) is 23.8 Å². The van der Waals surface area contributed by atoms with Crippen LogP contribution in [0.1, 0.15) is 5.82 Å². The minimum Gasteiger partial charge on any atom is -0.262 e. The third-order valence-corrected chi connectivity index (χ3v) is 3.42. The van der Waals surface area contributed by atoms with Crippen LogP contribution in [0.2, 0.25) is 0 Å². The summed E-state index contributed by atoms with van der Waals surface area (Å²) in [5, 5.41) is 5.98. The topological polar surface area (TPSA) is 87.7 Å². The van der Waals surface area contributed by atoms with E-state index >= 15 is 0 Å². The average Bonchev–Trinajstić information content (AvgIpc) is 2.78. The van der Waals surface area contributed by atoms with Crippen molar-refractivity contribution in [2.45, 2.75) is 11.4 Å². The van der Waals surface area contributed by atoms with E-state index in [0.717, 1.165) is 12.1 Å². The molecule has 0 radical (unpaired) electrons. The monoisotopic (exact) mass is 274 g/mol. The second kappa shape index (κ2) is 4.78. The molecule has 2 N–H and O–H groups in total. The van der Waals surface area contributed by atoms with Crippen LogP contribution >= 0.6 is 0 Å². The molecule has 1 aromatic heterocycles. The summed E-state index contributed by atoms with van der Waals surface area (Å²) in [6, 6.07) is 2.05. The van der Waals surface area contributed by atoms with Crippen LogP contribution in [-0.4, -0.2) is 23.6 Å². The van der Waals surface area contributed by atoms with E-state index in [1.54, 1.807) is 0 Å². The van der Waals surface area contributed by atoms with E-state index < -0.39 is 26.6 Å². The number of hydrogen-bond acceptors (Lipinski definition) is 4. The minimum absolute atomic E-state index is 0.152. The van der Waals surface area contributed by atoms with Gasteiger partial charge in [-0.3, -0.25) is 5.10 Å². The van der Waals surface area contributed by atoms with E-state index in [1.807, 2.05) is 0 Å². The lowest BCUT2D eigenvalue weighted by Crippen LogP contribution is -2.24. The molecule has 0 saturated heterocycles. The van der Waals surface area contributed by atoms with E-state index in [0.29, 0.717) is 6.07 Å². The molecule has 0 saturated carbocycles. The molecule has 6 nitrogen and oxygen atoms in total. The Labute approximate surface area is 101 Å². The van der Waals surface area contributed by atoms with Gasteiger partial charge in [0.2, 0.25) is 10.0 Å². The van der Waals surface area contributed by atoms with Crippen molar-refractivity contribution in [3.05, 3.63) is 42.0 Å². The zero-order valence-electron chi connectivity index (χ0n) is 8.89. The first-order valence-corrected chi connectivity index (χ1v) is 6.26. The van der Waals surface area contributed by atoms with Crippen molar-refractivity contribution in [1.29, 1.82) is 0 Å². The molecule has 0 aliphatic rings. The van der Waals surface area contributed by atoms with E-state index in [4.69, 9.17) is 0 Å². The highest BCUT2D eigenvalue weighted by Crippen LogP contribution is 2.13. The predicted octanol–water partition coefficient (Wildman–Crippen LogP) is 0.561. The van der Waals surface area contributed by atoms with Crippen LogP contribution in [0.3, 0.4) is 0 Å². The number of aromatic nitrogens is 3. The molecule has 0 fully saturated rings. The average molecular weight is 274 g/mol. The quantitative estimate of drug-likeness (QED) is 0.852. The van der Waals surface area contributed by atoms with Crippen molar-refractivity contribution in [2.24, 2.45) is 0 Å². The smallest absolute Gasteiger partial charge is 0.241 e. The molecule has 9 heteroatoms. The van der Waals surface area contributed by atoms with Gasteiger partial charge in [0.25, 0.3) is 0 Å². The Bertz CT molecular complexity index is 622. The number of rotatable bonds is 4. The Morgan fingerprint density at radius 1 is 1.22 bits per heavy atom. The number of halogens is 2. The second-order valence-corrected chi connectivity index (χ2v) is 5.13. The fraction of sp³-hybridized carbons (Fsp3) is 0.111. The SMILES string of the molecule is O=S(=O)(NCc1ncn[nH]1)c1cc(F)cc(F)c1. The number of nitrogens with zero attached hydrogens (tertiary/aromatic N) is 2. The van der Waals surface area contributed by atoms with Gasteiger partial charge in [0.15, 0.2) is 0 Å². The summed E-state index contributed by atoms with van der Waals surface area (Å²) in [4.78, 5) is 3.22. The van der Waals surface area contributed by atoms with Gasteiger partial charge in [0, 0.05) is 6.07 Å². The third kappa shape index (κ3) is 2.87. The zero-order chi connectivity index (χ0) is 13.2. The van der Waals surface area contributed by atoms with Crippen molar-refractivity contribution in [1.82, 2.24) is 19.9 Å². The lowest BCUT2D eigenvalue weighted by molar-refractivity contribution is 0.560. The maximum Gasteiger partial charge on any atom is 0.241 e. The summed E-state index contributed by atoms with van der Waals surface area (Å²) in [5.41, 5.74) is 0. The van der Waals surface area contributed by atoms with Crippen molar-refractivity contribution >= 4 is 10.0 Å². The number of H-pyrrole nitrogens is 1.